The first-order valence-corrected chi connectivity index (χ1v) is 10.1. The third-order valence-corrected chi connectivity index (χ3v) is 9.40. The van der Waals surface area contributed by atoms with Crippen LogP contribution < -0.4 is 5.43 Å². The van der Waals surface area contributed by atoms with Gasteiger partial charge in [-0.25, -0.2) is 0 Å². The van der Waals surface area contributed by atoms with Gasteiger partial charge in [-0.05, 0) is 48.0 Å². The van der Waals surface area contributed by atoms with E-state index in [1.54, 1.807) is 0 Å². The summed E-state index contributed by atoms with van der Waals surface area (Å²) in [4.78, 5) is 20.9. The second-order valence-corrected chi connectivity index (χ2v) is 9.67. The average Bonchev–Trinajstić information content (AvgIpc) is 3.35. The van der Waals surface area contributed by atoms with E-state index >= 15 is 0 Å². The SMILES string of the molecule is O=[N+]([O-])c1ccc(NN=C2[C@H]3[C@@H]4C[C@H]5[C@H]3[C@@H]3[C@H](I)[C@@H]5[C@H]4[C@@H]23)c([N+](=O)[O-])c1. The van der Waals surface area contributed by atoms with Crippen molar-refractivity contribution in [3.05, 3.63) is 38.4 Å². The normalized spacial score (nSPS) is 46.8. The van der Waals surface area contributed by atoms with E-state index in [1.165, 1.54) is 24.3 Å². The minimum atomic E-state index is -0.626. The highest BCUT2D eigenvalue weighted by Crippen LogP contribution is 2.82. The van der Waals surface area contributed by atoms with Gasteiger partial charge in [0, 0.05) is 27.5 Å². The topological polar surface area (TPSA) is 111 Å². The second kappa shape index (κ2) is 4.73. The van der Waals surface area contributed by atoms with Crippen molar-refractivity contribution in [3.63, 3.8) is 0 Å². The molecule has 7 rings (SSSR count). The van der Waals surface area contributed by atoms with E-state index in [2.05, 4.69) is 33.1 Å². The molecule has 0 unspecified atom stereocenters. The van der Waals surface area contributed by atoms with Gasteiger partial charge in [-0.1, -0.05) is 22.6 Å². The van der Waals surface area contributed by atoms with Crippen LogP contribution in [0.2, 0.25) is 0 Å². The van der Waals surface area contributed by atoms with Gasteiger partial charge in [0.25, 0.3) is 5.69 Å². The molecule has 6 aliphatic carbocycles. The largest absolute Gasteiger partial charge is 0.301 e. The zero-order valence-corrected chi connectivity index (χ0v) is 15.6. The number of rotatable bonds is 4. The Morgan fingerprint density at radius 2 is 1.81 bits per heavy atom. The Labute approximate surface area is 161 Å². The maximum absolute atomic E-state index is 11.3. The zero-order chi connectivity index (χ0) is 17.9. The number of nitrogens with one attached hydrogen (secondary N) is 1. The number of halogens is 1. The molecule has 1 N–H and O–H groups in total. The molecular weight excluding hydrogens is 451 g/mol. The van der Waals surface area contributed by atoms with Crippen molar-refractivity contribution in [1.82, 2.24) is 0 Å². The Kier molecular flexibility index (Phi) is 2.78. The minimum absolute atomic E-state index is 0.220. The molecule has 6 saturated carbocycles. The van der Waals surface area contributed by atoms with Crippen LogP contribution in [-0.2, 0) is 0 Å². The summed E-state index contributed by atoms with van der Waals surface area (Å²) in [7, 11) is 0. The van der Waals surface area contributed by atoms with Crippen molar-refractivity contribution in [3.8, 4) is 0 Å². The first-order valence-electron chi connectivity index (χ1n) is 8.89. The van der Waals surface area contributed by atoms with Crippen LogP contribution in [0.15, 0.2) is 23.3 Å². The molecule has 26 heavy (non-hydrogen) atoms. The van der Waals surface area contributed by atoms with Crippen molar-refractivity contribution in [2.24, 2.45) is 52.4 Å². The number of non-ortho nitro benzene ring substituents is 1. The maximum Gasteiger partial charge on any atom is 0.301 e. The number of nitrogens with zero attached hydrogens (tertiary/aromatic N) is 3. The number of alkyl halides is 1. The van der Waals surface area contributed by atoms with E-state index in [0.717, 1.165) is 45.5 Å². The number of hydrazone groups is 1. The van der Waals surface area contributed by atoms with Gasteiger partial charge >= 0.3 is 5.69 Å². The van der Waals surface area contributed by atoms with Crippen LogP contribution in [0.5, 0.6) is 0 Å². The summed E-state index contributed by atoms with van der Waals surface area (Å²) >= 11 is 2.65. The van der Waals surface area contributed by atoms with Crippen molar-refractivity contribution < 1.29 is 9.85 Å². The Bertz CT molecular complexity index is 918. The Balaban J connectivity index is 1.35. The number of hydrogen-bond acceptors (Lipinski definition) is 6. The molecule has 0 spiro atoms. The number of anilines is 1. The van der Waals surface area contributed by atoms with E-state index in [9.17, 15) is 20.2 Å². The fourth-order valence-corrected chi connectivity index (χ4v) is 9.32. The lowest BCUT2D eigenvalue weighted by Gasteiger charge is -2.32. The highest BCUT2D eigenvalue weighted by molar-refractivity contribution is 14.1. The van der Waals surface area contributed by atoms with Gasteiger partial charge < -0.3 is 0 Å². The fourth-order valence-electron chi connectivity index (χ4n) is 7.38. The third-order valence-electron chi connectivity index (χ3n) is 7.73. The van der Waals surface area contributed by atoms with Gasteiger partial charge in [-0.2, -0.15) is 5.10 Å². The molecule has 6 aliphatic rings. The molecule has 134 valence electrons. The number of nitro groups is 2. The Morgan fingerprint density at radius 3 is 2.50 bits per heavy atom. The molecular formula is C17H15IN4O4. The van der Waals surface area contributed by atoms with Crippen LogP contribution in [0.4, 0.5) is 17.1 Å². The fraction of sp³-hybridized carbons (Fsp3) is 0.588. The van der Waals surface area contributed by atoms with Crippen LogP contribution >= 0.6 is 22.6 Å². The molecule has 6 fully saturated rings. The molecule has 9 heteroatoms. The van der Waals surface area contributed by atoms with Crippen LogP contribution in [0.1, 0.15) is 6.42 Å². The molecule has 0 heterocycles. The van der Waals surface area contributed by atoms with Gasteiger partial charge in [0.2, 0.25) is 0 Å². The molecule has 0 amide bonds. The van der Waals surface area contributed by atoms with Crippen LogP contribution in [-0.4, -0.2) is 19.5 Å². The standard InChI is InChI=1S/C17H15IN4O4/c18-16-12-6-4-7-10(12)15-14(16)11(6)13(7)17(15)20-19-8-2-1-5(21(23)24)3-9(8)22(25)26/h1-3,6-7,10-16,19H,4H2/t6-,7+,10-,11+,12-,13-,14-,15+,16+/m0/s1. The molecule has 0 radical (unpaired) electrons. The monoisotopic (exact) mass is 466 g/mol. The maximum atomic E-state index is 11.3. The van der Waals surface area contributed by atoms with Gasteiger partial charge in [0.15, 0.2) is 0 Å². The summed E-state index contributed by atoms with van der Waals surface area (Å²) in [6, 6.07) is 3.65. The minimum Gasteiger partial charge on any atom is -0.272 e. The molecule has 1 aromatic carbocycles. The van der Waals surface area contributed by atoms with Gasteiger partial charge in [-0.3, -0.25) is 25.7 Å². The van der Waals surface area contributed by atoms with Crippen molar-refractivity contribution >= 4 is 45.4 Å². The van der Waals surface area contributed by atoms with Gasteiger partial charge in [-0.15, -0.1) is 0 Å². The lowest BCUT2D eigenvalue weighted by molar-refractivity contribution is -0.393. The summed E-state index contributed by atoms with van der Waals surface area (Å²) in [5.74, 6) is 5.89. The highest BCUT2D eigenvalue weighted by Gasteiger charge is 2.82. The summed E-state index contributed by atoms with van der Waals surface area (Å²) in [5, 5.41) is 26.8. The molecule has 0 aliphatic heterocycles. The first kappa shape index (κ1) is 15.3. The summed E-state index contributed by atoms with van der Waals surface area (Å²) in [6.07, 6.45) is 1.34. The zero-order valence-electron chi connectivity index (χ0n) is 13.5. The van der Waals surface area contributed by atoms with Gasteiger partial charge in [0.1, 0.15) is 5.69 Å². The number of nitro benzene ring substituents is 2. The predicted molar refractivity (Wildman–Crippen MR) is 101 cm³/mol. The molecule has 1 aromatic rings. The second-order valence-electron chi connectivity index (χ2n) is 8.23. The lowest BCUT2D eigenvalue weighted by atomic mass is 9.71. The van der Waals surface area contributed by atoms with E-state index in [1.807, 2.05) is 0 Å². The Morgan fingerprint density at radius 1 is 1.04 bits per heavy atom. The van der Waals surface area contributed by atoms with Crippen LogP contribution in [0.25, 0.3) is 0 Å². The van der Waals surface area contributed by atoms with E-state index in [-0.39, 0.29) is 17.1 Å². The molecule has 9 atom stereocenters. The lowest BCUT2D eigenvalue weighted by Crippen LogP contribution is -2.30. The van der Waals surface area contributed by atoms with Crippen molar-refractivity contribution in [1.29, 1.82) is 0 Å². The van der Waals surface area contributed by atoms with Crippen LogP contribution in [0.3, 0.4) is 0 Å². The van der Waals surface area contributed by atoms with Crippen molar-refractivity contribution in [2.75, 3.05) is 5.43 Å². The van der Waals surface area contributed by atoms with E-state index in [0.29, 0.717) is 11.8 Å². The van der Waals surface area contributed by atoms with Crippen molar-refractivity contribution in [2.45, 2.75) is 10.3 Å². The van der Waals surface area contributed by atoms with Gasteiger partial charge in [0.05, 0.1) is 15.9 Å². The average molecular weight is 466 g/mol. The Hall–Kier alpha value is -1.78. The summed E-state index contributed by atoms with van der Waals surface area (Å²) < 4.78 is 0.758. The molecule has 8 nitrogen and oxygen atoms in total. The van der Waals surface area contributed by atoms with E-state index < -0.39 is 9.85 Å². The predicted octanol–water partition coefficient (Wildman–Crippen LogP) is 3.46. The summed E-state index contributed by atoms with van der Waals surface area (Å²) in [5.41, 5.74) is 3.72. The summed E-state index contributed by atoms with van der Waals surface area (Å²) in [6.45, 7) is 0. The quantitative estimate of drug-likeness (QED) is 0.316. The molecule has 0 aromatic heterocycles. The smallest absolute Gasteiger partial charge is 0.272 e. The molecule has 0 saturated heterocycles. The van der Waals surface area contributed by atoms with E-state index in [4.69, 9.17) is 0 Å². The first-order chi connectivity index (χ1) is 12.5. The van der Waals surface area contributed by atoms with Crippen LogP contribution in [0, 0.1) is 67.6 Å². The highest BCUT2D eigenvalue weighted by atomic mass is 127. The number of hydrogen-bond donors (Lipinski definition) is 1. The molecule has 6 bridgehead atoms. The third kappa shape index (κ3) is 1.55. The number of benzene rings is 1.